The van der Waals surface area contributed by atoms with E-state index >= 15 is 0 Å². The summed E-state index contributed by atoms with van der Waals surface area (Å²) in [5.41, 5.74) is 1.57. The number of alkyl halides is 29. The van der Waals surface area contributed by atoms with Crippen LogP contribution in [-0.4, -0.2) is 114 Å². The third-order valence-electron chi connectivity index (χ3n) is 14.8. The molecule has 119 heavy (non-hydrogen) atoms. The fourth-order valence-corrected chi connectivity index (χ4v) is 16.2. The molecule has 9 aromatic carbocycles. The van der Waals surface area contributed by atoms with Gasteiger partial charge in [0, 0.05) is 20.1 Å². The minimum Gasteiger partial charge on any atom is -0.743 e. The number of hydrogen-bond donors (Lipinski definition) is 0. The second-order valence-electron chi connectivity index (χ2n) is 24.2. The van der Waals surface area contributed by atoms with E-state index < -0.39 is 105 Å². The van der Waals surface area contributed by atoms with Crippen LogP contribution in [0.2, 0.25) is 20.1 Å². The van der Waals surface area contributed by atoms with Crippen LogP contribution in [0.4, 0.5) is 123 Å². The molecule has 0 aliphatic rings. The van der Waals surface area contributed by atoms with Crippen molar-refractivity contribution in [2.24, 2.45) is 0 Å². The van der Waals surface area contributed by atoms with Crippen LogP contribution in [-0.2, 0) is 68.5 Å². The predicted octanol–water partition coefficient (Wildman–Crippen LogP) is 25.0. The average Bonchev–Trinajstić information content (AvgIpc) is 0.690. The van der Waals surface area contributed by atoms with Gasteiger partial charge >= 0.3 is 75.0 Å². The van der Waals surface area contributed by atoms with Crippen molar-refractivity contribution in [1.82, 2.24) is 0 Å². The van der Waals surface area contributed by atoms with E-state index in [9.17, 15) is 162 Å². The summed E-state index contributed by atoms with van der Waals surface area (Å²) in [6.07, 6.45) is -15.1. The fourth-order valence-electron chi connectivity index (χ4n) is 8.65. The highest BCUT2D eigenvalue weighted by Gasteiger charge is 2.96. The Bertz CT molecular complexity index is 4860. The van der Waals surface area contributed by atoms with Crippen LogP contribution in [0, 0.1) is 0 Å². The van der Waals surface area contributed by atoms with E-state index in [0.29, 0.717) is 0 Å². The summed E-state index contributed by atoms with van der Waals surface area (Å²) in [5, 5.41) is -12.0. The molecular weight excluding hydrogens is 1900 g/mol. The van der Waals surface area contributed by atoms with Crippen molar-refractivity contribution >= 4 is 121 Å². The van der Waals surface area contributed by atoms with E-state index in [-0.39, 0.29) is 38.1 Å². The van der Waals surface area contributed by atoms with Gasteiger partial charge in [0.25, 0.3) is 0 Å². The van der Waals surface area contributed by atoms with Gasteiger partial charge in [-0.2, -0.15) is 123 Å². The van der Waals surface area contributed by atoms with Crippen molar-refractivity contribution < 1.29 is 162 Å². The Hall–Kier alpha value is -6.75. The van der Waals surface area contributed by atoms with Crippen molar-refractivity contribution in [3.8, 4) is 0 Å². The first-order valence-electron chi connectivity index (χ1n) is 31.2. The molecule has 0 saturated carbocycles. The third kappa shape index (κ3) is 24.2. The van der Waals surface area contributed by atoms with Gasteiger partial charge in [-0.05, 0) is 180 Å². The average molecular weight is 1950 g/mol. The number of hydrogen-bond acceptors (Lipinski definition) is 9. The molecular formula is C71H49Cl5F28O9S6. The maximum absolute atomic E-state index is 13.0. The molecule has 9 nitrogen and oxygen atoms in total. The van der Waals surface area contributed by atoms with E-state index in [2.05, 4.69) is 214 Å². The molecule has 0 fully saturated rings. The number of rotatable bonds is 20. The molecule has 0 aliphatic carbocycles. The van der Waals surface area contributed by atoms with E-state index in [1.807, 2.05) is 60.7 Å². The lowest BCUT2D eigenvalue weighted by molar-refractivity contribution is -0.458. The largest absolute Gasteiger partial charge is 0.743 e. The SMILES string of the molecule is CC(C)(C)c1ccc([S+](c2ccccc2)c2ccccc2)cc1.Clc1ccc([S+](c2ccccc2)c2ccc(Cl)cc2)cc1.Clc1ccc([S+](c2ccccc2)c2ccc(Cl)cc2)cc1.O=S(=O)([O-])C(F)(F)C(F)(F)C(F)(F)C(F)(F)C(F)(F)C(F)(F)C(F)(F)C(F)(F)F.O=S(=O)([O-])C(F)(F)C(F)(F)C(F)(F)C(F)(F)F.O=S(=O)([O-])C(F)(F)Cl. The maximum atomic E-state index is 13.0. The molecule has 9 rings (SSSR count). The van der Waals surface area contributed by atoms with Gasteiger partial charge in [0.1, 0.15) is 0 Å². The standard InChI is InChI=1S/C22H23S.2C18H13Cl2S.C8HF17O3S.C4HF9O3S.CHClF2O3S/c1-22(2,3)18-14-16-21(17-15-18)23(19-10-6-4-7-11-19)20-12-8-5-9-13-20;2*19-14-6-10-17(11-7-14)21(16-4-2-1-3-5-16)18-12-8-15(20)9-13-18;9-1(10,3(13,14)5(17,18)7(21,22)23)2(11,12)4(15,16)6(19,20)8(24,25)29(26,27)28;5-1(6,3(9,10)11)2(7,8)4(12,13)17(14,15)16;2-1(3,4)8(5,6)7/h4-17H,1-3H3;2*1-13H;(H,26,27,28);(H,14,15,16);(H,5,6,7)/q3*+1;;;/p-3. The van der Waals surface area contributed by atoms with Gasteiger partial charge in [0.05, 0.1) is 32.7 Å². The zero-order chi connectivity index (χ0) is 91.6. The number of halogens is 33. The Kier molecular flexibility index (Phi) is 34.3. The van der Waals surface area contributed by atoms with E-state index in [0.717, 1.165) is 20.1 Å². The molecule has 0 unspecified atom stereocenters. The van der Waals surface area contributed by atoms with Crippen LogP contribution >= 0.6 is 58.0 Å². The minimum atomic E-state index is -8.92. The highest BCUT2D eigenvalue weighted by atomic mass is 35.5. The molecule has 0 aromatic heterocycles. The summed E-state index contributed by atoms with van der Waals surface area (Å²) in [7, 11) is -21.6. The molecule has 0 saturated heterocycles. The van der Waals surface area contributed by atoms with Crippen molar-refractivity contribution in [3.63, 3.8) is 0 Å². The van der Waals surface area contributed by atoms with Gasteiger partial charge in [-0.3, -0.25) is 0 Å². The van der Waals surface area contributed by atoms with Crippen molar-refractivity contribution in [2.45, 2.75) is 145 Å². The molecule has 0 amide bonds. The van der Waals surface area contributed by atoms with Gasteiger partial charge in [0.2, 0.25) is 0 Å². The van der Waals surface area contributed by atoms with Gasteiger partial charge in [-0.1, -0.05) is 152 Å². The van der Waals surface area contributed by atoms with Gasteiger partial charge in [-0.25, -0.2) is 25.3 Å². The molecule has 0 atom stereocenters. The minimum absolute atomic E-state index is 0.0497. The van der Waals surface area contributed by atoms with Gasteiger partial charge < -0.3 is 13.7 Å². The first-order valence-corrected chi connectivity index (χ1v) is 41.0. The van der Waals surface area contributed by atoms with Gasteiger partial charge in [0.15, 0.2) is 74.4 Å². The molecule has 0 bridgehead atoms. The third-order valence-corrected chi connectivity index (χ3v) is 25.4. The summed E-state index contributed by atoms with van der Waals surface area (Å²) in [4.78, 5) is 11.6. The summed E-state index contributed by atoms with van der Waals surface area (Å²) >= 11 is 27.8. The lowest BCUT2D eigenvalue weighted by atomic mass is 9.87. The van der Waals surface area contributed by atoms with E-state index in [4.69, 9.17) is 46.4 Å². The summed E-state index contributed by atoms with van der Waals surface area (Å²) < 4.78 is 425. The molecule has 0 heterocycles. The molecule has 0 spiro atoms. The van der Waals surface area contributed by atoms with Crippen molar-refractivity contribution in [1.29, 1.82) is 0 Å². The van der Waals surface area contributed by atoms with Crippen LogP contribution in [0.25, 0.3) is 0 Å². The highest BCUT2D eigenvalue weighted by Crippen LogP contribution is 2.65. The van der Waals surface area contributed by atoms with E-state index in [1.165, 1.54) is 49.6 Å². The smallest absolute Gasteiger partial charge is 0.460 e. The maximum Gasteiger partial charge on any atom is 0.460 e. The first kappa shape index (κ1) is 105. The van der Waals surface area contributed by atoms with Crippen molar-refractivity contribution in [3.05, 3.63) is 268 Å². The Balaban J connectivity index is 0.000000308. The van der Waals surface area contributed by atoms with Crippen molar-refractivity contribution in [2.75, 3.05) is 0 Å². The predicted molar refractivity (Wildman–Crippen MR) is 385 cm³/mol. The monoisotopic (exact) mass is 1940 g/mol. The highest BCUT2D eigenvalue weighted by molar-refractivity contribution is 7.97. The fraction of sp³-hybridized carbons (Fsp3) is 0.239. The summed E-state index contributed by atoms with van der Waals surface area (Å²) in [5.74, 6) is -67.0. The molecule has 0 aliphatic heterocycles. The van der Waals surface area contributed by atoms with Crippen LogP contribution in [0.3, 0.4) is 0 Å². The molecule has 48 heteroatoms. The molecule has 9 aromatic rings. The zero-order valence-electron chi connectivity index (χ0n) is 58.7. The lowest BCUT2D eigenvalue weighted by Crippen LogP contribution is -2.75. The molecule has 0 radical (unpaired) electrons. The van der Waals surface area contributed by atoms with Gasteiger partial charge in [-0.15, -0.1) is 0 Å². The Morgan fingerprint density at radius 1 is 0.235 bits per heavy atom. The van der Waals surface area contributed by atoms with Crippen LogP contribution in [0.15, 0.2) is 287 Å². The van der Waals surface area contributed by atoms with Crippen LogP contribution in [0.1, 0.15) is 26.3 Å². The lowest BCUT2D eigenvalue weighted by Gasteiger charge is -2.42. The topological polar surface area (TPSA) is 172 Å². The number of benzene rings is 9. The first-order chi connectivity index (χ1) is 53.8. The summed E-state index contributed by atoms with van der Waals surface area (Å²) in [6.45, 7) is 6.78. The Labute approximate surface area is 691 Å². The zero-order valence-corrected chi connectivity index (χ0v) is 67.4. The normalized spacial score (nSPS) is 13.4. The second-order valence-corrected chi connectivity index (χ2v) is 37.0. The van der Waals surface area contributed by atoms with Crippen LogP contribution < -0.4 is 0 Å². The second kappa shape index (κ2) is 39.0. The Morgan fingerprint density at radius 3 is 0.555 bits per heavy atom. The van der Waals surface area contributed by atoms with Crippen LogP contribution in [0.5, 0.6) is 0 Å². The molecule has 0 N–H and O–H groups in total. The summed E-state index contributed by atoms with van der Waals surface area (Å²) in [6, 6.07) is 84.0. The molecule has 654 valence electrons. The Morgan fingerprint density at radius 2 is 0.387 bits per heavy atom. The van der Waals surface area contributed by atoms with E-state index in [1.54, 1.807) is 0 Å². The quantitative estimate of drug-likeness (QED) is 0.0312.